The molecule has 0 saturated carbocycles. The second-order valence-corrected chi connectivity index (χ2v) is 11.6. The first-order valence-corrected chi connectivity index (χ1v) is 14.9. The second kappa shape index (κ2) is 10.8. The highest BCUT2D eigenvalue weighted by Crippen LogP contribution is 2.37. The molecule has 0 spiro atoms. The van der Waals surface area contributed by atoms with Crippen molar-refractivity contribution in [2.24, 2.45) is 0 Å². The molecule has 4 aromatic rings. The highest BCUT2D eigenvalue weighted by atomic mass is 16.5. The minimum Gasteiger partial charge on any atom is -0.474 e. The number of hydrogen-bond acceptors (Lipinski definition) is 6. The quantitative estimate of drug-likeness (QED) is 0.324. The number of benzene rings is 2. The largest absolute Gasteiger partial charge is 0.474 e. The molecule has 3 saturated heterocycles. The maximum absolute atomic E-state index is 6.68. The zero-order chi connectivity index (χ0) is 26.2. The number of nitrogens with one attached hydrogen (secondary N) is 2. The molecule has 204 valence electrons. The van der Waals surface area contributed by atoms with Crippen molar-refractivity contribution in [3.8, 4) is 17.3 Å². The van der Waals surface area contributed by atoms with Crippen LogP contribution >= 0.6 is 0 Å². The van der Waals surface area contributed by atoms with Crippen molar-refractivity contribution in [1.29, 1.82) is 0 Å². The molecule has 7 heteroatoms. The number of pyridine rings is 1. The second-order valence-electron chi connectivity index (χ2n) is 11.6. The molecule has 0 bridgehead atoms. The van der Waals surface area contributed by atoms with E-state index in [1.165, 1.54) is 36.9 Å². The summed E-state index contributed by atoms with van der Waals surface area (Å²) in [5, 5.41) is 14.8. The Morgan fingerprint density at radius 3 is 2.72 bits per heavy atom. The molecular weight excluding hydrogens is 486 g/mol. The Morgan fingerprint density at radius 1 is 0.949 bits per heavy atom. The van der Waals surface area contributed by atoms with E-state index in [-0.39, 0.29) is 6.10 Å². The van der Waals surface area contributed by atoms with Gasteiger partial charge in [-0.3, -0.25) is 5.10 Å². The number of aromatic amines is 1. The highest BCUT2D eigenvalue weighted by molar-refractivity contribution is 5.97. The van der Waals surface area contributed by atoms with E-state index in [1.54, 1.807) is 0 Å². The summed E-state index contributed by atoms with van der Waals surface area (Å²) in [7, 11) is 0. The lowest BCUT2D eigenvalue weighted by Gasteiger charge is -2.35. The number of H-pyrrole nitrogens is 1. The van der Waals surface area contributed by atoms with Gasteiger partial charge in [0.1, 0.15) is 11.8 Å². The highest BCUT2D eigenvalue weighted by Gasteiger charge is 2.23. The van der Waals surface area contributed by atoms with Crippen molar-refractivity contribution in [2.45, 2.75) is 69.9 Å². The molecular formula is C32H39N5O2. The number of fused-ring (bicyclic) bond motifs is 2. The lowest BCUT2D eigenvalue weighted by atomic mass is 9.92. The Bertz CT molecular complexity index is 1450. The number of ether oxygens (including phenoxy) is 2. The van der Waals surface area contributed by atoms with Crippen LogP contribution in [0.2, 0.25) is 0 Å². The van der Waals surface area contributed by atoms with Gasteiger partial charge in [-0.1, -0.05) is 12.1 Å². The number of anilines is 1. The minimum absolute atomic E-state index is 0.170. The summed E-state index contributed by atoms with van der Waals surface area (Å²) in [5.74, 6) is 1.17. The summed E-state index contributed by atoms with van der Waals surface area (Å²) >= 11 is 0. The first kappa shape index (κ1) is 24.9. The van der Waals surface area contributed by atoms with Gasteiger partial charge < -0.3 is 19.7 Å². The van der Waals surface area contributed by atoms with E-state index in [4.69, 9.17) is 19.6 Å². The van der Waals surface area contributed by atoms with Gasteiger partial charge in [0.15, 0.2) is 0 Å². The van der Waals surface area contributed by atoms with Gasteiger partial charge in [-0.15, -0.1) is 0 Å². The van der Waals surface area contributed by atoms with Crippen LogP contribution in [0.1, 0.15) is 63.4 Å². The first-order valence-electron chi connectivity index (χ1n) is 14.9. The molecule has 0 amide bonds. The summed E-state index contributed by atoms with van der Waals surface area (Å²) in [6.45, 7) is 7.07. The average Bonchev–Trinajstić information content (AvgIpc) is 3.42. The Kier molecular flexibility index (Phi) is 6.87. The van der Waals surface area contributed by atoms with E-state index < -0.39 is 0 Å². The summed E-state index contributed by atoms with van der Waals surface area (Å²) in [6, 6.07) is 16.2. The van der Waals surface area contributed by atoms with Gasteiger partial charge in [0, 0.05) is 41.6 Å². The maximum Gasteiger partial charge on any atom is 0.222 e. The maximum atomic E-state index is 6.68. The standard InChI is InChI=1S/C32H39N5O2/c1-21-5-2-3-15-37(21)25-9-7-23-18-30(34-32(27(23)19-25)39-26-11-13-33-14-12-26)31-28-17-22(8-10-29(28)35-36-31)24-6-4-16-38-20-24/h7-10,17-19,21,24,26,33H,2-6,11-16,20H2,1H3,(H,35,36). The molecule has 2 unspecified atom stereocenters. The third-order valence-electron chi connectivity index (χ3n) is 8.94. The third-order valence-corrected chi connectivity index (χ3v) is 8.94. The van der Waals surface area contributed by atoms with Crippen LogP contribution in [-0.4, -0.2) is 60.2 Å². The van der Waals surface area contributed by atoms with E-state index in [9.17, 15) is 0 Å². The van der Waals surface area contributed by atoms with Crippen LogP contribution in [0.4, 0.5) is 5.69 Å². The molecule has 3 aliphatic rings. The zero-order valence-corrected chi connectivity index (χ0v) is 22.9. The van der Waals surface area contributed by atoms with E-state index in [0.29, 0.717) is 12.0 Å². The van der Waals surface area contributed by atoms with E-state index >= 15 is 0 Å². The summed E-state index contributed by atoms with van der Waals surface area (Å²) in [5.41, 5.74) is 5.35. The van der Waals surface area contributed by atoms with Crippen LogP contribution in [0.15, 0.2) is 42.5 Å². The summed E-state index contributed by atoms with van der Waals surface area (Å²) < 4.78 is 12.5. The Hall–Kier alpha value is -3.16. The van der Waals surface area contributed by atoms with Crippen molar-refractivity contribution >= 4 is 27.4 Å². The fraction of sp³-hybridized carbons (Fsp3) is 0.500. The topological polar surface area (TPSA) is 75.3 Å². The lowest BCUT2D eigenvalue weighted by molar-refractivity contribution is 0.0805. The van der Waals surface area contributed by atoms with Crippen molar-refractivity contribution in [3.05, 3.63) is 48.0 Å². The van der Waals surface area contributed by atoms with Gasteiger partial charge in [0.05, 0.1) is 17.8 Å². The first-order chi connectivity index (χ1) is 19.2. The van der Waals surface area contributed by atoms with Gasteiger partial charge in [0.2, 0.25) is 5.88 Å². The molecule has 7 nitrogen and oxygen atoms in total. The molecule has 39 heavy (non-hydrogen) atoms. The van der Waals surface area contributed by atoms with Crippen LogP contribution in [0.25, 0.3) is 33.1 Å². The Labute approximate surface area is 230 Å². The van der Waals surface area contributed by atoms with Crippen LogP contribution < -0.4 is 15.0 Å². The van der Waals surface area contributed by atoms with E-state index in [2.05, 4.69) is 64.7 Å². The van der Waals surface area contributed by atoms with Crippen LogP contribution in [0.3, 0.4) is 0 Å². The molecule has 7 rings (SSSR count). The summed E-state index contributed by atoms with van der Waals surface area (Å²) in [6.07, 6.45) is 8.25. The fourth-order valence-electron chi connectivity index (χ4n) is 6.63. The SMILES string of the molecule is CC1CCCCN1c1ccc2cc(-c3n[nH]c4ccc(C5CCCOC5)cc34)nc(OC3CCNCC3)c2c1. The van der Waals surface area contributed by atoms with Crippen molar-refractivity contribution in [1.82, 2.24) is 20.5 Å². The number of aromatic nitrogens is 3. The molecule has 2 atom stereocenters. The Morgan fingerprint density at radius 2 is 1.87 bits per heavy atom. The molecule has 2 aromatic heterocycles. The molecule has 2 aromatic carbocycles. The van der Waals surface area contributed by atoms with Gasteiger partial charge in [-0.2, -0.15) is 5.10 Å². The predicted octanol–water partition coefficient (Wildman–Crippen LogP) is 6.18. The minimum atomic E-state index is 0.170. The zero-order valence-electron chi connectivity index (χ0n) is 22.9. The van der Waals surface area contributed by atoms with Gasteiger partial charge in [0.25, 0.3) is 0 Å². The predicted molar refractivity (Wildman–Crippen MR) is 157 cm³/mol. The van der Waals surface area contributed by atoms with Crippen LogP contribution in [0, 0.1) is 0 Å². The molecule has 5 heterocycles. The molecule has 3 aliphatic heterocycles. The number of hydrogen-bond donors (Lipinski definition) is 2. The average molecular weight is 526 g/mol. The molecule has 0 radical (unpaired) electrons. The number of piperidine rings is 2. The molecule has 0 aliphatic carbocycles. The van der Waals surface area contributed by atoms with Gasteiger partial charge >= 0.3 is 0 Å². The third kappa shape index (κ3) is 4.98. The summed E-state index contributed by atoms with van der Waals surface area (Å²) in [4.78, 5) is 7.71. The van der Waals surface area contributed by atoms with Crippen molar-refractivity contribution in [3.63, 3.8) is 0 Å². The molecule has 3 fully saturated rings. The van der Waals surface area contributed by atoms with E-state index in [0.717, 1.165) is 91.1 Å². The number of nitrogens with zero attached hydrogens (tertiary/aromatic N) is 3. The van der Waals surface area contributed by atoms with Crippen LogP contribution in [-0.2, 0) is 4.74 Å². The monoisotopic (exact) mass is 525 g/mol. The van der Waals surface area contributed by atoms with E-state index in [1.807, 2.05) is 0 Å². The van der Waals surface area contributed by atoms with Crippen molar-refractivity contribution < 1.29 is 9.47 Å². The van der Waals surface area contributed by atoms with Crippen LogP contribution in [0.5, 0.6) is 5.88 Å². The fourth-order valence-corrected chi connectivity index (χ4v) is 6.63. The lowest BCUT2D eigenvalue weighted by Crippen LogP contribution is -2.37. The normalized spacial score (nSPS) is 22.9. The van der Waals surface area contributed by atoms with Gasteiger partial charge in [-0.05, 0) is 106 Å². The Balaban J connectivity index is 1.31. The molecule has 2 N–H and O–H groups in total. The van der Waals surface area contributed by atoms with Gasteiger partial charge in [-0.25, -0.2) is 4.98 Å². The number of rotatable bonds is 5. The van der Waals surface area contributed by atoms with Crippen molar-refractivity contribution in [2.75, 3.05) is 37.7 Å². The smallest absolute Gasteiger partial charge is 0.222 e.